The Morgan fingerprint density at radius 3 is 2.64 bits per heavy atom. The summed E-state index contributed by atoms with van der Waals surface area (Å²) in [6, 6.07) is 15.1. The van der Waals surface area contributed by atoms with Gasteiger partial charge in [0.1, 0.15) is 5.75 Å². The highest BCUT2D eigenvalue weighted by atomic mass is 16.5. The molecular formula is C19H17NO2. The zero-order valence-electron chi connectivity index (χ0n) is 12.6. The maximum atomic E-state index is 12.2. The molecule has 0 unspecified atom stereocenters. The van der Waals surface area contributed by atoms with Gasteiger partial charge >= 0.3 is 0 Å². The van der Waals surface area contributed by atoms with Crippen LogP contribution < -0.4 is 4.74 Å². The van der Waals surface area contributed by atoms with E-state index in [2.05, 4.69) is 4.98 Å². The van der Waals surface area contributed by atoms with Gasteiger partial charge in [0.05, 0.1) is 7.11 Å². The van der Waals surface area contributed by atoms with Crippen LogP contribution in [0.15, 0.2) is 54.6 Å². The van der Waals surface area contributed by atoms with Crippen molar-refractivity contribution in [1.82, 2.24) is 4.98 Å². The molecular weight excluding hydrogens is 274 g/mol. The number of aryl methyl sites for hydroxylation is 1. The van der Waals surface area contributed by atoms with Crippen LogP contribution in [0.25, 0.3) is 17.0 Å². The Morgan fingerprint density at radius 1 is 1.14 bits per heavy atom. The minimum absolute atomic E-state index is 0.00255. The van der Waals surface area contributed by atoms with Gasteiger partial charge in [-0.1, -0.05) is 30.3 Å². The van der Waals surface area contributed by atoms with Crippen molar-refractivity contribution in [1.29, 1.82) is 0 Å². The molecule has 0 aliphatic rings. The van der Waals surface area contributed by atoms with Crippen molar-refractivity contribution in [2.45, 2.75) is 6.92 Å². The lowest BCUT2D eigenvalue weighted by atomic mass is 10.1. The van der Waals surface area contributed by atoms with Crippen LogP contribution in [-0.4, -0.2) is 17.9 Å². The molecule has 1 N–H and O–H groups in total. The quantitative estimate of drug-likeness (QED) is 0.572. The molecule has 0 aliphatic heterocycles. The van der Waals surface area contributed by atoms with Crippen molar-refractivity contribution >= 4 is 22.8 Å². The van der Waals surface area contributed by atoms with Gasteiger partial charge in [-0.05, 0) is 37.3 Å². The van der Waals surface area contributed by atoms with E-state index >= 15 is 0 Å². The SMILES string of the molecule is COc1ccc2[nH]c(C)c(/C=C/C(=O)c3ccccc3)c2c1. The molecule has 110 valence electrons. The van der Waals surface area contributed by atoms with E-state index in [0.29, 0.717) is 5.56 Å². The minimum atomic E-state index is -0.00255. The van der Waals surface area contributed by atoms with Gasteiger partial charge in [-0.3, -0.25) is 4.79 Å². The number of hydrogen-bond donors (Lipinski definition) is 1. The van der Waals surface area contributed by atoms with Gasteiger partial charge < -0.3 is 9.72 Å². The third-order valence-electron chi connectivity index (χ3n) is 3.70. The van der Waals surface area contributed by atoms with Gasteiger partial charge in [0, 0.05) is 27.7 Å². The number of ketones is 1. The number of aromatic amines is 1. The third-order valence-corrected chi connectivity index (χ3v) is 3.70. The lowest BCUT2D eigenvalue weighted by molar-refractivity contribution is 0.104. The van der Waals surface area contributed by atoms with Crippen molar-refractivity contribution in [3.8, 4) is 5.75 Å². The average molecular weight is 291 g/mol. The van der Waals surface area contributed by atoms with Crippen molar-refractivity contribution in [2.24, 2.45) is 0 Å². The van der Waals surface area contributed by atoms with Crippen LogP contribution >= 0.6 is 0 Å². The molecule has 0 saturated heterocycles. The van der Waals surface area contributed by atoms with Crippen molar-refractivity contribution < 1.29 is 9.53 Å². The van der Waals surface area contributed by atoms with E-state index in [-0.39, 0.29) is 5.78 Å². The van der Waals surface area contributed by atoms with Crippen molar-refractivity contribution in [3.63, 3.8) is 0 Å². The lowest BCUT2D eigenvalue weighted by Gasteiger charge is -2.00. The molecule has 0 radical (unpaired) electrons. The Kier molecular flexibility index (Phi) is 3.79. The number of allylic oxidation sites excluding steroid dienone is 1. The summed E-state index contributed by atoms with van der Waals surface area (Å²) < 4.78 is 5.28. The minimum Gasteiger partial charge on any atom is -0.497 e. The molecule has 0 spiro atoms. The van der Waals surface area contributed by atoms with Gasteiger partial charge in [-0.2, -0.15) is 0 Å². The van der Waals surface area contributed by atoms with E-state index in [1.165, 1.54) is 0 Å². The molecule has 22 heavy (non-hydrogen) atoms. The summed E-state index contributed by atoms with van der Waals surface area (Å²) >= 11 is 0. The van der Waals surface area contributed by atoms with E-state index < -0.39 is 0 Å². The van der Waals surface area contributed by atoms with Crippen molar-refractivity contribution in [2.75, 3.05) is 7.11 Å². The summed E-state index contributed by atoms with van der Waals surface area (Å²) in [5, 5.41) is 1.05. The molecule has 0 amide bonds. The molecule has 1 heterocycles. The molecule has 0 bridgehead atoms. The zero-order valence-corrected chi connectivity index (χ0v) is 12.6. The number of methoxy groups -OCH3 is 1. The van der Waals surface area contributed by atoms with E-state index in [0.717, 1.165) is 27.9 Å². The Hall–Kier alpha value is -2.81. The highest BCUT2D eigenvalue weighted by Crippen LogP contribution is 2.27. The average Bonchev–Trinajstić information content (AvgIpc) is 2.87. The van der Waals surface area contributed by atoms with Crippen LogP contribution in [0.2, 0.25) is 0 Å². The highest BCUT2D eigenvalue weighted by molar-refractivity contribution is 6.08. The maximum Gasteiger partial charge on any atom is 0.185 e. The topological polar surface area (TPSA) is 42.1 Å². The fourth-order valence-corrected chi connectivity index (χ4v) is 2.53. The molecule has 2 aromatic carbocycles. The van der Waals surface area contributed by atoms with Gasteiger partial charge in [-0.15, -0.1) is 0 Å². The number of carbonyl (C=O) groups excluding carboxylic acids is 1. The number of benzene rings is 2. The van der Waals surface area contributed by atoms with Crippen LogP contribution in [0.3, 0.4) is 0 Å². The fourth-order valence-electron chi connectivity index (χ4n) is 2.53. The summed E-state index contributed by atoms with van der Waals surface area (Å²) in [7, 11) is 1.65. The van der Waals surface area contributed by atoms with Crippen LogP contribution in [-0.2, 0) is 0 Å². The monoisotopic (exact) mass is 291 g/mol. The Balaban J connectivity index is 1.98. The molecule has 3 nitrogen and oxygen atoms in total. The number of nitrogens with one attached hydrogen (secondary N) is 1. The number of rotatable bonds is 4. The molecule has 0 aliphatic carbocycles. The zero-order chi connectivity index (χ0) is 15.5. The summed E-state index contributed by atoms with van der Waals surface area (Å²) in [6.45, 7) is 2.00. The number of aromatic nitrogens is 1. The Morgan fingerprint density at radius 2 is 1.91 bits per heavy atom. The first-order chi connectivity index (χ1) is 10.7. The summed E-state index contributed by atoms with van der Waals surface area (Å²) in [4.78, 5) is 15.5. The van der Waals surface area contributed by atoms with E-state index in [9.17, 15) is 4.79 Å². The standard InChI is InChI=1S/C19H17NO2/c1-13-16(9-11-19(21)14-6-4-3-5-7-14)17-12-15(22-2)8-10-18(17)20-13/h3-12,20H,1-2H3/b11-9+. The summed E-state index contributed by atoms with van der Waals surface area (Å²) in [6.07, 6.45) is 3.48. The van der Waals surface area contributed by atoms with Crippen molar-refractivity contribution in [3.05, 3.63) is 71.4 Å². The van der Waals surface area contributed by atoms with E-state index in [1.54, 1.807) is 13.2 Å². The molecule has 0 fully saturated rings. The second-order valence-corrected chi connectivity index (χ2v) is 5.14. The molecule has 1 aromatic heterocycles. The van der Waals surface area contributed by atoms with Gasteiger partial charge in [-0.25, -0.2) is 0 Å². The molecule has 3 aromatic rings. The molecule has 0 atom stereocenters. The fraction of sp³-hybridized carbons (Fsp3) is 0.105. The number of hydrogen-bond acceptors (Lipinski definition) is 2. The van der Waals surface area contributed by atoms with Gasteiger partial charge in [0.2, 0.25) is 0 Å². The molecule has 0 saturated carbocycles. The predicted octanol–water partition coefficient (Wildman–Crippen LogP) is 4.38. The van der Waals surface area contributed by atoms with Crippen LogP contribution in [0.5, 0.6) is 5.75 Å². The first-order valence-electron chi connectivity index (χ1n) is 7.13. The Labute approximate surface area is 129 Å². The van der Waals surface area contributed by atoms with E-state index in [1.807, 2.05) is 61.5 Å². The van der Waals surface area contributed by atoms with Gasteiger partial charge in [0.25, 0.3) is 0 Å². The largest absolute Gasteiger partial charge is 0.497 e. The number of H-pyrrole nitrogens is 1. The number of ether oxygens (including phenoxy) is 1. The lowest BCUT2D eigenvalue weighted by Crippen LogP contribution is -1.92. The second kappa shape index (κ2) is 5.90. The van der Waals surface area contributed by atoms with E-state index in [4.69, 9.17) is 4.74 Å². The van der Waals surface area contributed by atoms with Gasteiger partial charge in [0.15, 0.2) is 5.78 Å². The highest BCUT2D eigenvalue weighted by Gasteiger charge is 2.08. The summed E-state index contributed by atoms with van der Waals surface area (Å²) in [5.41, 5.74) is 3.76. The third kappa shape index (κ3) is 2.66. The first-order valence-corrected chi connectivity index (χ1v) is 7.13. The first kappa shape index (κ1) is 14.1. The van der Waals surface area contributed by atoms with Crippen LogP contribution in [0.4, 0.5) is 0 Å². The smallest absolute Gasteiger partial charge is 0.185 e. The maximum absolute atomic E-state index is 12.2. The summed E-state index contributed by atoms with van der Waals surface area (Å²) in [5.74, 6) is 0.799. The number of fused-ring (bicyclic) bond motifs is 1. The van der Waals surface area contributed by atoms with Crippen LogP contribution in [0, 0.1) is 6.92 Å². The molecule has 3 rings (SSSR count). The predicted molar refractivity (Wildman–Crippen MR) is 89.4 cm³/mol. The molecule has 3 heteroatoms. The number of carbonyl (C=O) groups is 1. The van der Waals surface area contributed by atoms with Crippen LogP contribution in [0.1, 0.15) is 21.6 Å². The Bertz CT molecular complexity index is 845. The second-order valence-electron chi connectivity index (χ2n) is 5.14. The normalized spacial score (nSPS) is 11.2.